The Morgan fingerprint density at radius 1 is 1.55 bits per heavy atom. The van der Waals surface area contributed by atoms with Gasteiger partial charge in [0.15, 0.2) is 5.84 Å². The minimum atomic E-state index is -0.00696. The van der Waals surface area contributed by atoms with Gasteiger partial charge in [0.2, 0.25) is 0 Å². The second-order valence-electron chi connectivity index (χ2n) is 3.85. The molecule has 7 nitrogen and oxygen atoms in total. The summed E-state index contributed by atoms with van der Waals surface area (Å²) in [5.74, 6) is 1.30. The Bertz CT molecular complexity index is 626. The van der Waals surface area contributed by atoms with Crippen molar-refractivity contribution in [3.8, 4) is 11.8 Å². The lowest BCUT2D eigenvalue weighted by molar-refractivity contribution is 0.318. The fourth-order valence-corrected chi connectivity index (χ4v) is 2.47. The van der Waals surface area contributed by atoms with Gasteiger partial charge in [0.25, 0.3) is 0 Å². The molecule has 2 aromatic rings. The molecule has 8 heteroatoms. The first-order valence-electron chi connectivity index (χ1n) is 5.93. The second kappa shape index (κ2) is 6.29. The fraction of sp³-hybridized carbons (Fsp3) is 0.250. The molecule has 0 radical (unpaired) electrons. The van der Waals surface area contributed by atoms with Crippen molar-refractivity contribution in [3.63, 3.8) is 0 Å². The number of hydrogen-bond donors (Lipinski definition) is 2. The van der Waals surface area contributed by atoms with Crippen LogP contribution in [0.3, 0.4) is 0 Å². The van der Waals surface area contributed by atoms with E-state index >= 15 is 0 Å². The van der Waals surface area contributed by atoms with E-state index in [0.717, 1.165) is 10.6 Å². The summed E-state index contributed by atoms with van der Waals surface area (Å²) in [6.07, 6.45) is 1.53. The van der Waals surface area contributed by atoms with Gasteiger partial charge in [0.05, 0.1) is 5.56 Å². The number of amidine groups is 1. The predicted molar refractivity (Wildman–Crippen MR) is 76.4 cm³/mol. The highest BCUT2D eigenvalue weighted by Gasteiger charge is 2.16. The van der Waals surface area contributed by atoms with Crippen LogP contribution in [0, 0.1) is 0 Å². The molecule has 0 bridgehead atoms. The zero-order chi connectivity index (χ0) is 14.5. The number of nitrogens with zero attached hydrogens (tertiary/aromatic N) is 4. The molecule has 0 aliphatic carbocycles. The molecule has 0 aliphatic rings. The first kappa shape index (κ1) is 14.2. The van der Waals surface area contributed by atoms with Gasteiger partial charge in [-0.3, -0.25) is 4.68 Å². The number of ether oxygens (including phenoxy) is 1. The highest BCUT2D eigenvalue weighted by molar-refractivity contribution is 7.99. The molecule has 0 unspecified atom stereocenters. The minimum Gasteiger partial charge on any atom is -0.422 e. The maximum absolute atomic E-state index is 8.94. The van der Waals surface area contributed by atoms with Crippen LogP contribution in [-0.4, -0.2) is 31.6 Å². The molecule has 0 fully saturated rings. The Kier molecular flexibility index (Phi) is 4.46. The van der Waals surface area contributed by atoms with Crippen molar-refractivity contribution in [3.05, 3.63) is 30.1 Å². The van der Waals surface area contributed by atoms with E-state index in [4.69, 9.17) is 15.7 Å². The van der Waals surface area contributed by atoms with E-state index < -0.39 is 0 Å². The second-order valence-corrected chi connectivity index (χ2v) is 5.16. The summed E-state index contributed by atoms with van der Waals surface area (Å²) >= 11 is 1.58. The van der Waals surface area contributed by atoms with Gasteiger partial charge >= 0.3 is 6.01 Å². The highest BCUT2D eigenvalue weighted by atomic mass is 32.2. The summed E-state index contributed by atoms with van der Waals surface area (Å²) in [5, 5.41) is 16.0. The SMILES string of the molecule is CCSc1cccc(Oc2ncn(C)n2)c1/C(N)=N/O. The van der Waals surface area contributed by atoms with E-state index in [1.54, 1.807) is 24.9 Å². The third-order valence-electron chi connectivity index (χ3n) is 2.43. The quantitative estimate of drug-likeness (QED) is 0.287. The smallest absolute Gasteiger partial charge is 0.341 e. The van der Waals surface area contributed by atoms with Crippen molar-refractivity contribution in [1.29, 1.82) is 0 Å². The number of benzene rings is 1. The van der Waals surface area contributed by atoms with Crippen molar-refractivity contribution >= 4 is 17.6 Å². The summed E-state index contributed by atoms with van der Waals surface area (Å²) in [7, 11) is 1.74. The molecule has 1 aromatic carbocycles. The molecule has 20 heavy (non-hydrogen) atoms. The van der Waals surface area contributed by atoms with Crippen LogP contribution < -0.4 is 10.5 Å². The van der Waals surface area contributed by atoms with Gasteiger partial charge in [-0.05, 0) is 17.9 Å². The molecule has 106 valence electrons. The zero-order valence-corrected chi connectivity index (χ0v) is 12.0. The summed E-state index contributed by atoms with van der Waals surface area (Å²) in [6.45, 7) is 2.02. The van der Waals surface area contributed by atoms with Gasteiger partial charge in [-0.1, -0.05) is 18.1 Å². The van der Waals surface area contributed by atoms with Gasteiger partial charge in [-0.2, -0.15) is 4.98 Å². The minimum absolute atomic E-state index is 0.00696. The zero-order valence-electron chi connectivity index (χ0n) is 11.1. The van der Waals surface area contributed by atoms with Crippen LogP contribution in [0.5, 0.6) is 11.8 Å². The molecule has 0 aliphatic heterocycles. The third kappa shape index (κ3) is 3.02. The number of aromatic nitrogens is 3. The summed E-state index contributed by atoms with van der Waals surface area (Å²) in [4.78, 5) is 4.86. The van der Waals surface area contributed by atoms with Crippen LogP contribution in [0.15, 0.2) is 34.6 Å². The van der Waals surface area contributed by atoms with Gasteiger partial charge in [-0.15, -0.1) is 16.9 Å². The van der Waals surface area contributed by atoms with Gasteiger partial charge in [-0.25, -0.2) is 0 Å². The van der Waals surface area contributed by atoms with Crippen LogP contribution in [0.4, 0.5) is 0 Å². The molecule has 3 N–H and O–H groups in total. The summed E-state index contributed by atoms with van der Waals surface area (Å²) in [6, 6.07) is 5.66. The lowest BCUT2D eigenvalue weighted by atomic mass is 10.2. The molecule has 2 rings (SSSR count). The van der Waals surface area contributed by atoms with Gasteiger partial charge in [0, 0.05) is 11.9 Å². The van der Waals surface area contributed by atoms with E-state index in [1.807, 2.05) is 19.1 Å². The van der Waals surface area contributed by atoms with E-state index in [9.17, 15) is 0 Å². The molecule has 0 saturated heterocycles. The summed E-state index contributed by atoms with van der Waals surface area (Å²) < 4.78 is 7.14. The average Bonchev–Trinajstić information content (AvgIpc) is 2.84. The number of rotatable bonds is 5. The highest BCUT2D eigenvalue weighted by Crippen LogP contribution is 2.31. The van der Waals surface area contributed by atoms with E-state index in [1.165, 1.54) is 11.0 Å². The molecule has 0 spiro atoms. The standard InChI is InChI=1S/C12H15N5O2S/c1-3-20-9-6-4-5-8(10(9)11(13)16-18)19-12-14-7-17(2)15-12/h4-7,18H,3H2,1-2H3,(H2,13,16). The number of thioether (sulfide) groups is 1. The summed E-state index contributed by atoms with van der Waals surface area (Å²) in [5.41, 5.74) is 6.28. The first-order valence-corrected chi connectivity index (χ1v) is 6.91. The van der Waals surface area contributed by atoms with Gasteiger partial charge in [0.1, 0.15) is 12.1 Å². The topological polar surface area (TPSA) is 98.5 Å². The largest absolute Gasteiger partial charge is 0.422 e. The molecular weight excluding hydrogens is 278 g/mol. The van der Waals surface area contributed by atoms with Crippen molar-refractivity contribution in [2.75, 3.05) is 5.75 Å². The third-order valence-corrected chi connectivity index (χ3v) is 3.37. The maximum atomic E-state index is 8.94. The number of oxime groups is 1. The van der Waals surface area contributed by atoms with E-state index in [-0.39, 0.29) is 11.8 Å². The van der Waals surface area contributed by atoms with Crippen molar-refractivity contribution in [1.82, 2.24) is 14.8 Å². The Labute approximate surface area is 120 Å². The molecule has 0 atom stereocenters. The molecule has 0 saturated carbocycles. The van der Waals surface area contributed by atoms with Crippen LogP contribution in [0.1, 0.15) is 12.5 Å². The van der Waals surface area contributed by atoms with Crippen molar-refractivity contribution in [2.45, 2.75) is 11.8 Å². The Morgan fingerprint density at radius 2 is 2.35 bits per heavy atom. The molecular formula is C12H15N5O2S. The average molecular weight is 293 g/mol. The maximum Gasteiger partial charge on any atom is 0.341 e. The molecule has 1 heterocycles. The Balaban J connectivity index is 2.43. The normalized spacial score (nSPS) is 11.6. The van der Waals surface area contributed by atoms with Crippen LogP contribution in [-0.2, 0) is 7.05 Å². The lowest BCUT2D eigenvalue weighted by Gasteiger charge is -2.11. The number of hydrogen-bond acceptors (Lipinski definition) is 6. The van der Waals surface area contributed by atoms with E-state index in [2.05, 4.69) is 15.2 Å². The molecule has 0 amide bonds. The van der Waals surface area contributed by atoms with Crippen molar-refractivity contribution in [2.24, 2.45) is 17.9 Å². The van der Waals surface area contributed by atoms with Crippen LogP contribution in [0.2, 0.25) is 0 Å². The van der Waals surface area contributed by atoms with Crippen LogP contribution >= 0.6 is 11.8 Å². The Morgan fingerprint density at radius 3 is 2.95 bits per heavy atom. The van der Waals surface area contributed by atoms with Crippen LogP contribution in [0.25, 0.3) is 0 Å². The van der Waals surface area contributed by atoms with E-state index in [0.29, 0.717) is 11.3 Å². The Hall–Kier alpha value is -2.22. The van der Waals surface area contributed by atoms with Crippen molar-refractivity contribution < 1.29 is 9.94 Å². The predicted octanol–water partition coefficient (Wildman–Crippen LogP) is 1.81. The number of aryl methyl sites for hydroxylation is 1. The first-order chi connectivity index (χ1) is 9.65. The molecule has 1 aromatic heterocycles. The monoisotopic (exact) mass is 293 g/mol. The van der Waals surface area contributed by atoms with Gasteiger partial charge < -0.3 is 15.7 Å². The number of nitrogens with two attached hydrogens (primary N) is 1. The fourth-order valence-electron chi connectivity index (χ4n) is 1.64. The lowest BCUT2D eigenvalue weighted by Crippen LogP contribution is -2.15.